The van der Waals surface area contributed by atoms with Gasteiger partial charge in [0.05, 0.1) is 19.7 Å². The fourth-order valence-corrected chi connectivity index (χ4v) is 3.89. The van der Waals surface area contributed by atoms with Crippen molar-refractivity contribution in [3.63, 3.8) is 0 Å². The molecule has 0 fully saturated rings. The Balaban J connectivity index is 2.11. The third-order valence-electron chi connectivity index (χ3n) is 3.40. The topological polar surface area (TPSA) is 60.7 Å². The molecule has 4 rings (SSSR count). The Labute approximate surface area is 147 Å². The minimum absolute atomic E-state index is 0.234. The van der Waals surface area contributed by atoms with E-state index in [9.17, 15) is 4.79 Å². The SMILES string of the molecule is Cn1nc(-c2ccc(Br)s2)c(=O)c2nc3cc(Cl)ccc3nc21. The normalized spacial score (nSPS) is 11.4. The van der Waals surface area contributed by atoms with Gasteiger partial charge in [0, 0.05) is 12.1 Å². The molecule has 0 saturated carbocycles. The summed E-state index contributed by atoms with van der Waals surface area (Å²) < 4.78 is 2.52. The van der Waals surface area contributed by atoms with Crippen LogP contribution in [0.5, 0.6) is 0 Å². The molecule has 0 aliphatic rings. The predicted molar refractivity (Wildman–Crippen MR) is 96.1 cm³/mol. The number of fused-ring (bicyclic) bond motifs is 2. The molecule has 8 heteroatoms. The second-order valence-corrected chi connectivity index (χ2v) is 7.83. The van der Waals surface area contributed by atoms with E-state index >= 15 is 0 Å². The molecular formula is C15H8BrClN4OS. The number of benzene rings is 1. The van der Waals surface area contributed by atoms with Gasteiger partial charge in [-0.3, -0.25) is 4.79 Å². The van der Waals surface area contributed by atoms with Gasteiger partial charge in [-0.1, -0.05) is 11.6 Å². The summed E-state index contributed by atoms with van der Waals surface area (Å²) in [7, 11) is 1.75. The summed E-state index contributed by atoms with van der Waals surface area (Å²) >= 11 is 10.9. The molecule has 5 nitrogen and oxygen atoms in total. The summed E-state index contributed by atoms with van der Waals surface area (Å²) in [4.78, 5) is 22.5. The second kappa shape index (κ2) is 5.36. The number of thiophene rings is 1. The van der Waals surface area contributed by atoms with Crippen molar-refractivity contribution in [3.8, 4) is 10.6 Å². The third-order valence-corrected chi connectivity index (χ3v) is 5.27. The van der Waals surface area contributed by atoms with Crippen molar-refractivity contribution in [2.75, 3.05) is 0 Å². The van der Waals surface area contributed by atoms with Gasteiger partial charge in [-0.2, -0.15) is 5.10 Å². The van der Waals surface area contributed by atoms with Crippen LogP contribution in [-0.2, 0) is 7.05 Å². The number of hydrogen-bond acceptors (Lipinski definition) is 5. The van der Waals surface area contributed by atoms with Gasteiger partial charge in [-0.05, 0) is 46.3 Å². The average molecular weight is 408 g/mol. The Morgan fingerprint density at radius 3 is 2.74 bits per heavy atom. The molecule has 0 aliphatic carbocycles. The van der Waals surface area contributed by atoms with Crippen LogP contribution >= 0.6 is 38.9 Å². The lowest BCUT2D eigenvalue weighted by Gasteiger charge is -2.07. The highest BCUT2D eigenvalue weighted by Gasteiger charge is 2.16. The molecule has 0 spiro atoms. The standard InChI is InChI=1S/C15H8BrClN4OS/c1-21-15-13(18-9-6-7(17)2-3-8(9)19-15)14(22)12(20-21)10-4-5-11(16)23-10/h2-6H,1H3. The molecule has 0 aliphatic heterocycles. The molecule has 3 aromatic heterocycles. The minimum atomic E-state index is -0.234. The zero-order valence-electron chi connectivity index (χ0n) is 11.7. The molecule has 0 unspecified atom stereocenters. The van der Waals surface area contributed by atoms with E-state index in [0.29, 0.717) is 27.4 Å². The van der Waals surface area contributed by atoms with Gasteiger partial charge in [0.1, 0.15) is 0 Å². The molecule has 3 heterocycles. The van der Waals surface area contributed by atoms with Crippen molar-refractivity contribution in [1.82, 2.24) is 19.7 Å². The number of rotatable bonds is 1. The number of nitrogens with zero attached hydrogens (tertiary/aromatic N) is 4. The maximum Gasteiger partial charge on any atom is 0.236 e. The molecule has 1 aromatic carbocycles. The van der Waals surface area contributed by atoms with E-state index < -0.39 is 0 Å². The maximum absolute atomic E-state index is 12.8. The Hall–Kier alpha value is -1.83. The Kier molecular flexibility index (Phi) is 3.44. The summed E-state index contributed by atoms with van der Waals surface area (Å²) in [6, 6.07) is 8.96. The van der Waals surface area contributed by atoms with E-state index in [1.54, 1.807) is 29.9 Å². The highest BCUT2D eigenvalue weighted by atomic mass is 79.9. The lowest BCUT2D eigenvalue weighted by Crippen LogP contribution is -2.16. The molecule has 4 aromatic rings. The Morgan fingerprint density at radius 1 is 1.17 bits per heavy atom. The largest absolute Gasteiger partial charge is 0.285 e. The smallest absolute Gasteiger partial charge is 0.236 e. The fourth-order valence-electron chi connectivity index (χ4n) is 2.35. The second-order valence-electron chi connectivity index (χ2n) is 4.93. The van der Waals surface area contributed by atoms with Crippen molar-refractivity contribution in [1.29, 1.82) is 0 Å². The van der Waals surface area contributed by atoms with Crippen LogP contribution < -0.4 is 5.43 Å². The maximum atomic E-state index is 12.8. The quantitative estimate of drug-likeness (QED) is 0.447. The molecule has 0 bridgehead atoms. The summed E-state index contributed by atoms with van der Waals surface area (Å²) in [5.74, 6) is 0. The lowest BCUT2D eigenvalue weighted by molar-refractivity contribution is 0.767. The van der Waals surface area contributed by atoms with E-state index in [1.165, 1.54) is 11.3 Å². The van der Waals surface area contributed by atoms with Crippen molar-refractivity contribution in [3.05, 3.63) is 49.4 Å². The van der Waals surface area contributed by atoms with E-state index in [0.717, 1.165) is 8.66 Å². The van der Waals surface area contributed by atoms with Crippen LogP contribution in [-0.4, -0.2) is 19.7 Å². The van der Waals surface area contributed by atoms with E-state index in [-0.39, 0.29) is 10.9 Å². The van der Waals surface area contributed by atoms with Crippen LogP contribution in [0.25, 0.3) is 32.8 Å². The predicted octanol–water partition coefficient (Wildman–Crippen LogP) is 4.02. The fraction of sp³-hybridized carbons (Fsp3) is 0.0667. The van der Waals surface area contributed by atoms with Gasteiger partial charge in [0.2, 0.25) is 5.43 Å². The van der Waals surface area contributed by atoms with Gasteiger partial charge < -0.3 is 0 Å². The van der Waals surface area contributed by atoms with E-state index in [1.807, 2.05) is 12.1 Å². The number of hydrogen-bond donors (Lipinski definition) is 0. The summed E-state index contributed by atoms with van der Waals surface area (Å²) in [6.07, 6.45) is 0. The molecule has 0 saturated heterocycles. The highest BCUT2D eigenvalue weighted by molar-refractivity contribution is 9.11. The summed E-state index contributed by atoms with van der Waals surface area (Å²) in [5.41, 5.74) is 2.13. The first-order valence-electron chi connectivity index (χ1n) is 6.63. The third kappa shape index (κ3) is 2.45. The number of aromatic nitrogens is 4. The van der Waals surface area contributed by atoms with Crippen LogP contribution in [0.4, 0.5) is 0 Å². The van der Waals surface area contributed by atoms with Gasteiger partial charge >= 0.3 is 0 Å². The zero-order valence-corrected chi connectivity index (χ0v) is 14.9. The number of halogens is 2. The van der Waals surface area contributed by atoms with E-state index in [2.05, 4.69) is 31.0 Å². The van der Waals surface area contributed by atoms with Crippen molar-refractivity contribution >= 4 is 61.1 Å². The van der Waals surface area contributed by atoms with Crippen molar-refractivity contribution in [2.45, 2.75) is 0 Å². The molecule has 0 atom stereocenters. The van der Waals surface area contributed by atoms with Crippen LogP contribution in [0.3, 0.4) is 0 Å². The Morgan fingerprint density at radius 2 is 2.00 bits per heavy atom. The first-order valence-corrected chi connectivity index (χ1v) is 8.62. The van der Waals surface area contributed by atoms with Crippen LogP contribution in [0, 0.1) is 0 Å². The molecule has 0 N–H and O–H groups in total. The molecule has 0 radical (unpaired) electrons. The van der Waals surface area contributed by atoms with Gasteiger partial charge in [-0.15, -0.1) is 11.3 Å². The molecule has 23 heavy (non-hydrogen) atoms. The van der Waals surface area contributed by atoms with Crippen molar-refractivity contribution < 1.29 is 0 Å². The first-order chi connectivity index (χ1) is 11.0. The zero-order chi connectivity index (χ0) is 16.1. The van der Waals surface area contributed by atoms with E-state index in [4.69, 9.17) is 11.6 Å². The van der Waals surface area contributed by atoms with Crippen LogP contribution in [0.15, 0.2) is 38.9 Å². The monoisotopic (exact) mass is 406 g/mol. The Bertz CT molecular complexity index is 1140. The summed E-state index contributed by atoms with van der Waals surface area (Å²) in [6.45, 7) is 0. The highest BCUT2D eigenvalue weighted by Crippen LogP contribution is 2.29. The van der Waals surface area contributed by atoms with Crippen LogP contribution in [0.1, 0.15) is 0 Å². The lowest BCUT2D eigenvalue weighted by atomic mass is 10.2. The van der Waals surface area contributed by atoms with Gasteiger partial charge in [-0.25, -0.2) is 14.6 Å². The molecular weight excluding hydrogens is 400 g/mol. The van der Waals surface area contributed by atoms with Gasteiger partial charge in [0.15, 0.2) is 16.9 Å². The van der Waals surface area contributed by atoms with Crippen molar-refractivity contribution in [2.24, 2.45) is 7.05 Å². The molecule has 114 valence electrons. The number of aryl methyl sites for hydroxylation is 1. The molecule has 0 amide bonds. The summed E-state index contributed by atoms with van der Waals surface area (Å²) in [5, 5.41) is 4.93. The van der Waals surface area contributed by atoms with Crippen LogP contribution in [0.2, 0.25) is 5.02 Å². The minimum Gasteiger partial charge on any atom is -0.285 e. The first kappa shape index (κ1) is 14.7. The average Bonchev–Trinajstić information content (AvgIpc) is 2.95. The van der Waals surface area contributed by atoms with Gasteiger partial charge in [0.25, 0.3) is 0 Å².